The molecule has 4 nitrogen and oxygen atoms in total. The van der Waals surface area contributed by atoms with E-state index in [-0.39, 0.29) is 54.6 Å². The van der Waals surface area contributed by atoms with Gasteiger partial charge in [-0.1, -0.05) is 0 Å². The molecule has 0 aromatic rings. The SMILES string of the molecule is [O-][P+]([O-])([O-])O.[Tl+].[Tl+]. The predicted molar refractivity (Wildman–Crippen MR) is 20.6 cm³/mol. The maximum absolute atomic E-state index is 8.66. The van der Waals surface area contributed by atoms with Crippen LogP contribution in [0.4, 0.5) is 0 Å². The summed E-state index contributed by atoms with van der Waals surface area (Å²) in [6.45, 7) is 0. The summed E-state index contributed by atoms with van der Waals surface area (Å²) < 4.78 is 0. The first-order chi connectivity index (χ1) is 2.00. The van der Waals surface area contributed by atoms with Gasteiger partial charge in [-0.25, -0.2) is 0 Å². The van der Waals surface area contributed by atoms with Gasteiger partial charge >= 0.3 is 54.6 Å². The number of hydrogen-bond acceptors (Lipinski definition) is 4. The molecule has 0 aliphatic heterocycles. The molecule has 7 heteroatoms. The van der Waals surface area contributed by atoms with Crippen LogP contribution in [0.2, 0.25) is 0 Å². The van der Waals surface area contributed by atoms with Crippen molar-refractivity contribution in [2.45, 2.75) is 0 Å². The largest absolute Gasteiger partial charge is 1.00 e. The number of rotatable bonds is 0. The Balaban J connectivity index is -0.0000000800. The Morgan fingerprint density at radius 3 is 1.00 bits per heavy atom. The molecule has 0 spiro atoms. The van der Waals surface area contributed by atoms with E-state index < -0.39 is 8.17 Å². The molecule has 0 atom stereocenters. The van der Waals surface area contributed by atoms with Crippen molar-refractivity contribution in [2.24, 2.45) is 0 Å². The smallest absolute Gasteiger partial charge is 0.663 e. The average Bonchev–Trinajstić information content (AvgIpc) is 0.722. The Bertz CT molecular complexity index is 25.2. The first-order valence-electron chi connectivity index (χ1n) is 0.748. The Morgan fingerprint density at radius 1 is 1.00 bits per heavy atom. The van der Waals surface area contributed by atoms with Crippen molar-refractivity contribution in [3.05, 3.63) is 0 Å². The van der Waals surface area contributed by atoms with Gasteiger partial charge in [0.15, 0.2) is 0 Å². The molecule has 0 rings (SSSR count). The quantitative estimate of drug-likeness (QED) is 0.269. The van der Waals surface area contributed by atoms with Gasteiger partial charge in [0.05, 0.1) is 0 Å². The van der Waals surface area contributed by atoms with Crippen molar-refractivity contribution in [3.63, 3.8) is 0 Å². The summed E-state index contributed by atoms with van der Waals surface area (Å²) in [6, 6.07) is 0. The molecule has 0 saturated carbocycles. The molecule has 0 aliphatic rings. The Labute approximate surface area is 81.5 Å². The Kier molecular flexibility index (Phi) is 14.3. The van der Waals surface area contributed by atoms with Gasteiger partial charge in [0.1, 0.15) is 0 Å². The fourth-order valence-electron chi connectivity index (χ4n) is 0. The molecule has 0 aromatic heterocycles. The van der Waals surface area contributed by atoms with Crippen LogP contribution in [-0.2, 0) is 0 Å². The minimum atomic E-state index is -5.14. The zero-order chi connectivity index (χ0) is 4.50. The van der Waals surface area contributed by atoms with Crippen LogP contribution >= 0.6 is 8.17 Å². The van der Waals surface area contributed by atoms with E-state index in [4.69, 9.17) is 19.6 Å². The van der Waals surface area contributed by atoms with Crippen molar-refractivity contribution >= 4 is 62.8 Å². The third-order valence-electron chi connectivity index (χ3n) is 0. The van der Waals surface area contributed by atoms with Crippen LogP contribution in [0.3, 0.4) is 0 Å². The molecule has 0 aromatic carbocycles. The van der Waals surface area contributed by atoms with Crippen LogP contribution in [-0.4, -0.2) is 59.5 Å². The molecule has 1 N–H and O–H groups in total. The number of hydrogen-bond donors (Lipinski definition) is 1. The van der Waals surface area contributed by atoms with E-state index in [2.05, 4.69) is 0 Å². The van der Waals surface area contributed by atoms with E-state index in [1.807, 2.05) is 0 Å². The standard InChI is InChI=1S/H3O4P.2Tl/c1-5(2,3)4;;/h(H3,1,2,3,4);;/q;2*+1/p-2. The zero-order valence-corrected chi connectivity index (χ0v) is 13.1. The molecule has 0 fully saturated rings. The van der Waals surface area contributed by atoms with E-state index in [0.29, 0.717) is 0 Å². The minimum Gasteiger partial charge on any atom is -0.663 e. The molecule has 36 valence electrons. The Morgan fingerprint density at radius 2 is 1.00 bits per heavy atom. The van der Waals surface area contributed by atoms with Gasteiger partial charge in [0.25, 0.3) is 0 Å². The molecule has 0 bridgehead atoms. The summed E-state index contributed by atoms with van der Waals surface area (Å²) >= 11 is 0. The first-order valence-corrected chi connectivity index (χ1v) is 2.24. The van der Waals surface area contributed by atoms with Crippen LogP contribution in [0.1, 0.15) is 0 Å². The van der Waals surface area contributed by atoms with Crippen molar-refractivity contribution in [1.29, 1.82) is 0 Å². The summed E-state index contributed by atoms with van der Waals surface area (Å²) in [4.78, 5) is 32.9. The van der Waals surface area contributed by atoms with Gasteiger partial charge < -0.3 is 14.7 Å². The second kappa shape index (κ2) is 6.24. The van der Waals surface area contributed by atoms with E-state index in [9.17, 15) is 0 Å². The van der Waals surface area contributed by atoms with Crippen molar-refractivity contribution in [2.75, 3.05) is 0 Å². The molecular formula is HO4PTl2. The van der Waals surface area contributed by atoms with E-state index in [1.165, 1.54) is 0 Å². The van der Waals surface area contributed by atoms with E-state index in [1.54, 1.807) is 0 Å². The van der Waals surface area contributed by atoms with Crippen LogP contribution in [0.15, 0.2) is 0 Å². The molecule has 0 heterocycles. The van der Waals surface area contributed by atoms with Crippen LogP contribution in [0.25, 0.3) is 0 Å². The fraction of sp³-hybridized carbons (Fsp3) is 0. The van der Waals surface area contributed by atoms with Crippen LogP contribution < -0.4 is 14.7 Å². The third-order valence-corrected chi connectivity index (χ3v) is 0. The van der Waals surface area contributed by atoms with Gasteiger partial charge in [-0.05, 0) is 8.17 Å². The zero-order valence-electron chi connectivity index (χ0n) is 3.27. The summed E-state index contributed by atoms with van der Waals surface area (Å²) in [5, 5.41) is 0. The molecular weight excluding hydrogens is 504 g/mol. The van der Waals surface area contributed by atoms with Crippen LogP contribution in [0, 0.1) is 0 Å². The molecule has 0 amide bonds. The topological polar surface area (TPSA) is 89.4 Å². The average molecular weight is 505 g/mol. The molecule has 0 unspecified atom stereocenters. The fourth-order valence-corrected chi connectivity index (χ4v) is 0. The van der Waals surface area contributed by atoms with E-state index >= 15 is 0 Å². The summed E-state index contributed by atoms with van der Waals surface area (Å²) in [5.74, 6) is 0. The van der Waals surface area contributed by atoms with Gasteiger partial charge in [0, 0.05) is 0 Å². The Hall–Kier alpha value is 2.11. The third kappa shape index (κ3) is 67.9. The minimum absolute atomic E-state index is 0. The second-order valence-corrected chi connectivity index (χ2v) is 1.41. The maximum Gasteiger partial charge on any atom is 1.00 e. The second-order valence-electron chi connectivity index (χ2n) is 0.469. The van der Waals surface area contributed by atoms with Gasteiger partial charge in [-0.15, -0.1) is 0 Å². The molecule has 7 heavy (non-hydrogen) atoms. The predicted octanol–water partition coefficient (Wildman–Crippen LogP) is -4.02. The monoisotopic (exact) mass is 506 g/mol. The summed E-state index contributed by atoms with van der Waals surface area (Å²) in [7, 11) is -5.14. The van der Waals surface area contributed by atoms with Crippen LogP contribution in [0.5, 0.6) is 0 Å². The summed E-state index contributed by atoms with van der Waals surface area (Å²) in [5.41, 5.74) is 0. The normalized spacial score (nSPS) is 8.57. The number of phosphoric acid groups is 1. The van der Waals surface area contributed by atoms with E-state index in [0.717, 1.165) is 0 Å². The van der Waals surface area contributed by atoms with Gasteiger partial charge in [0.2, 0.25) is 0 Å². The first kappa shape index (κ1) is 16.1. The molecule has 0 radical (unpaired) electrons. The molecule has 0 saturated heterocycles. The maximum atomic E-state index is 8.66. The van der Waals surface area contributed by atoms with Crippen molar-refractivity contribution in [1.82, 2.24) is 0 Å². The summed E-state index contributed by atoms with van der Waals surface area (Å²) in [6.07, 6.45) is 0. The van der Waals surface area contributed by atoms with Crippen molar-refractivity contribution < 1.29 is 19.6 Å². The van der Waals surface area contributed by atoms with Gasteiger partial charge in [-0.3, -0.25) is 4.89 Å². The van der Waals surface area contributed by atoms with Crippen molar-refractivity contribution in [3.8, 4) is 0 Å². The molecule has 0 aliphatic carbocycles. The van der Waals surface area contributed by atoms with Gasteiger partial charge in [-0.2, -0.15) is 0 Å².